The second kappa shape index (κ2) is 4.58. The highest BCUT2D eigenvalue weighted by Crippen LogP contribution is 2.40. The van der Waals surface area contributed by atoms with Crippen molar-refractivity contribution in [2.45, 2.75) is 39.7 Å². The smallest absolute Gasteiger partial charge is 0.227 e. The molecule has 2 saturated heterocycles. The molecule has 0 aliphatic carbocycles. The van der Waals surface area contributed by atoms with Crippen LogP contribution >= 0.6 is 0 Å². The Kier molecular flexibility index (Phi) is 3.12. The van der Waals surface area contributed by atoms with Crippen molar-refractivity contribution in [1.82, 2.24) is 15.4 Å². The first-order valence-corrected chi connectivity index (χ1v) is 7.34. The molecule has 2 fully saturated rings. The van der Waals surface area contributed by atoms with Gasteiger partial charge in [0.1, 0.15) is 5.76 Å². The third-order valence-electron chi connectivity index (χ3n) is 5.17. The van der Waals surface area contributed by atoms with Gasteiger partial charge in [-0.05, 0) is 39.5 Å². The fraction of sp³-hybridized carbons (Fsp3) is 0.733. The molecule has 0 spiro atoms. The van der Waals surface area contributed by atoms with Gasteiger partial charge in [0.2, 0.25) is 5.91 Å². The summed E-state index contributed by atoms with van der Waals surface area (Å²) in [4.78, 5) is 14.8. The van der Waals surface area contributed by atoms with Crippen LogP contribution in [-0.2, 0) is 11.2 Å². The van der Waals surface area contributed by atoms with Crippen molar-refractivity contribution >= 4 is 5.91 Å². The molecule has 3 rings (SSSR count). The van der Waals surface area contributed by atoms with E-state index in [9.17, 15) is 4.79 Å². The lowest BCUT2D eigenvalue weighted by atomic mass is 9.84. The van der Waals surface area contributed by atoms with Crippen molar-refractivity contribution < 1.29 is 9.32 Å². The molecule has 2 unspecified atom stereocenters. The van der Waals surface area contributed by atoms with Crippen molar-refractivity contribution in [2.24, 2.45) is 11.8 Å². The molecule has 5 nitrogen and oxygen atoms in total. The van der Waals surface area contributed by atoms with Crippen LogP contribution in [0.15, 0.2) is 4.52 Å². The SMILES string of the molecule is Cc1noc(C)c1CC(=O)N1CC2CNCC2C1(C)C. The highest BCUT2D eigenvalue weighted by Gasteiger charge is 2.51. The molecule has 2 aliphatic heterocycles. The Bertz CT molecular complexity index is 516. The normalized spacial score (nSPS) is 27.9. The second-order valence-electron chi connectivity index (χ2n) is 6.66. The van der Waals surface area contributed by atoms with E-state index in [4.69, 9.17) is 4.52 Å². The van der Waals surface area contributed by atoms with Crippen LogP contribution in [0.2, 0.25) is 0 Å². The fourth-order valence-electron chi connectivity index (χ4n) is 3.85. The van der Waals surface area contributed by atoms with Crippen LogP contribution in [-0.4, -0.2) is 41.1 Å². The van der Waals surface area contributed by atoms with Crippen LogP contribution in [0.4, 0.5) is 0 Å². The number of likely N-dealkylation sites (tertiary alicyclic amines) is 1. The summed E-state index contributed by atoms with van der Waals surface area (Å²) in [6.45, 7) is 11.1. The third-order valence-corrected chi connectivity index (χ3v) is 5.17. The standard InChI is InChI=1S/C15H23N3O2/c1-9-12(10(2)20-17-9)5-14(19)18-8-11-6-16-7-13(11)15(18,3)4/h11,13,16H,5-8H2,1-4H3. The average Bonchev–Trinajstić information content (AvgIpc) is 3.02. The summed E-state index contributed by atoms with van der Waals surface area (Å²) in [5.41, 5.74) is 1.71. The number of nitrogens with zero attached hydrogens (tertiary/aromatic N) is 2. The second-order valence-corrected chi connectivity index (χ2v) is 6.66. The molecule has 1 N–H and O–H groups in total. The first-order valence-electron chi connectivity index (χ1n) is 7.34. The maximum atomic E-state index is 12.7. The molecular formula is C15H23N3O2. The molecule has 20 heavy (non-hydrogen) atoms. The Morgan fingerprint density at radius 1 is 1.45 bits per heavy atom. The molecule has 1 aromatic rings. The molecule has 0 saturated carbocycles. The summed E-state index contributed by atoms with van der Waals surface area (Å²) in [5.74, 6) is 2.11. The Balaban J connectivity index is 1.78. The molecule has 2 atom stereocenters. The van der Waals surface area contributed by atoms with E-state index < -0.39 is 0 Å². The van der Waals surface area contributed by atoms with Crippen LogP contribution < -0.4 is 5.32 Å². The number of carbonyl (C=O) groups excluding carboxylic acids is 1. The van der Waals surface area contributed by atoms with E-state index in [1.165, 1.54) is 0 Å². The lowest BCUT2D eigenvalue weighted by Crippen LogP contribution is -2.48. The minimum atomic E-state index is -0.0653. The van der Waals surface area contributed by atoms with Crippen LogP contribution in [0.1, 0.15) is 30.9 Å². The molecule has 3 heterocycles. The van der Waals surface area contributed by atoms with Crippen LogP contribution in [0.5, 0.6) is 0 Å². The van der Waals surface area contributed by atoms with Gasteiger partial charge in [0, 0.05) is 30.7 Å². The summed E-state index contributed by atoms with van der Waals surface area (Å²) in [7, 11) is 0. The minimum absolute atomic E-state index is 0.0653. The lowest BCUT2D eigenvalue weighted by Gasteiger charge is -2.35. The molecule has 110 valence electrons. The molecule has 1 amide bonds. The van der Waals surface area contributed by atoms with Crippen molar-refractivity contribution in [3.8, 4) is 0 Å². The predicted molar refractivity (Wildman–Crippen MR) is 75.3 cm³/mol. The van der Waals surface area contributed by atoms with E-state index in [1.807, 2.05) is 13.8 Å². The third kappa shape index (κ3) is 1.95. The minimum Gasteiger partial charge on any atom is -0.361 e. The van der Waals surface area contributed by atoms with Gasteiger partial charge in [-0.3, -0.25) is 4.79 Å². The average molecular weight is 277 g/mol. The van der Waals surface area contributed by atoms with Gasteiger partial charge in [-0.1, -0.05) is 5.16 Å². The van der Waals surface area contributed by atoms with E-state index in [0.717, 1.165) is 36.7 Å². The van der Waals surface area contributed by atoms with E-state index >= 15 is 0 Å². The van der Waals surface area contributed by atoms with Crippen LogP contribution in [0, 0.1) is 25.7 Å². The molecule has 2 aliphatic rings. The summed E-state index contributed by atoms with van der Waals surface area (Å²) >= 11 is 0. The lowest BCUT2D eigenvalue weighted by molar-refractivity contribution is -0.134. The largest absolute Gasteiger partial charge is 0.361 e. The van der Waals surface area contributed by atoms with E-state index in [-0.39, 0.29) is 11.4 Å². The predicted octanol–water partition coefficient (Wildman–Crippen LogP) is 1.29. The van der Waals surface area contributed by atoms with Crippen LogP contribution in [0.3, 0.4) is 0 Å². The molecule has 0 radical (unpaired) electrons. The number of nitrogens with one attached hydrogen (secondary N) is 1. The zero-order valence-electron chi connectivity index (χ0n) is 12.7. The Morgan fingerprint density at radius 3 is 2.80 bits per heavy atom. The maximum absolute atomic E-state index is 12.7. The summed E-state index contributed by atoms with van der Waals surface area (Å²) in [6, 6.07) is 0. The quantitative estimate of drug-likeness (QED) is 0.885. The fourth-order valence-corrected chi connectivity index (χ4v) is 3.85. The number of fused-ring (bicyclic) bond motifs is 1. The van der Waals surface area contributed by atoms with Gasteiger partial charge in [-0.15, -0.1) is 0 Å². The van der Waals surface area contributed by atoms with E-state index in [2.05, 4.69) is 29.2 Å². The number of aryl methyl sites for hydroxylation is 2. The van der Waals surface area contributed by atoms with Gasteiger partial charge in [0.25, 0.3) is 0 Å². The topological polar surface area (TPSA) is 58.4 Å². The molecule has 0 bridgehead atoms. The van der Waals surface area contributed by atoms with Crippen molar-refractivity contribution in [1.29, 1.82) is 0 Å². The molecule has 1 aromatic heterocycles. The zero-order chi connectivity index (χ0) is 14.5. The monoisotopic (exact) mass is 277 g/mol. The summed E-state index contributed by atoms with van der Waals surface area (Å²) in [5, 5.41) is 7.37. The van der Waals surface area contributed by atoms with Gasteiger partial charge < -0.3 is 14.7 Å². The van der Waals surface area contributed by atoms with Gasteiger partial charge in [-0.25, -0.2) is 0 Å². The van der Waals surface area contributed by atoms with Gasteiger partial charge in [0.05, 0.1) is 12.1 Å². The first-order chi connectivity index (χ1) is 9.41. The molecule has 0 aromatic carbocycles. The molecule has 5 heteroatoms. The van der Waals surface area contributed by atoms with Crippen molar-refractivity contribution in [2.75, 3.05) is 19.6 Å². The summed E-state index contributed by atoms with van der Waals surface area (Å²) in [6.07, 6.45) is 0.400. The van der Waals surface area contributed by atoms with Gasteiger partial charge in [-0.2, -0.15) is 0 Å². The Hall–Kier alpha value is -1.36. The summed E-state index contributed by atoms with van der Waals surface area (Å²) < 4.78 is 5.15. The van der Waals surface area contributed by atoms with Crippen molar-refractivity contribution in [3.63, 3.8) is 0 Å². The highest BCUT2D eigenvalue weighted by atomic mass is 16.5. The van der Waals surface area contributed by atoms with E-state index in [1.54, 1.807) is 0 Å². The number of amides is 1. The van der Waals surface area contributed by atoms with Crippen LogP contribution in [0.25, 0.3) is 0 Å². The highest BCUT2D eigenvalue weighted by molar-refractivity contribution is 5.80. The zero-order valence-corrected chi connectivity index (χ0v) is 12.7. The maximum Gasteiger partial charge on any atom is 0.227 e. The van der Waals surface area contributed by atoms with Gasteiger partial charge in [0.15, 0.2) is 0 Å². The van der Waals surface area contributed by atoms with Crippen molar-refractivity contribution in [3.05, 3.63) is 17.0 Å². The van der Waals surface area contributed by atoms with E-state index in [0.29, 0.717) is 18.3 Å². The number of aromatic nitrogens is 1. The number of hydrogen-bond acceptors (Lipinski definition) is 4. The van der Waals surface area contributed by atoms with Gasteiger partial charge >= 0.3 is 0 Å². The number of rotatable bonds is 2. The Labute approximate surface area is 119 Å². The first kappa shape index (κ1) is 13.6. The Morgan fingerprint density at radius 2 is 2.20 bits per heavy atom. The number of carbonyl (C=O) groups is 1. The molecular weight excluding hydrogens is 254 g/mol. The number of hydrogen-bond donors (Lipinski definition) is 1.